The molecule has 0 atom stereocenters. The predicted octanol–water partition coefficient (Wildman–Crippen LogP) is 3.59. The van der Waals surface area contributed by atoms with Gasteiger partial charge in [-0.2, -0.15) is 0 Å². The van der Waals surface area contributed by atoms with E-state index in [1.165, 1.54) is 23.1 Å². The first-order valence-corrected chi connectivity index (χ1v) is 12.2. The number of hydrogen-bond acceptors (Lipinski definition) is 7. The second-order valence-corrected chi connectivity index (χ2v) is 9.82. The number of hydrogen-bond donors (Lipinski definition) is 0. The van der Waals surface area contributed by atoms with E-state index in [9.17, 15) is 9.59 Å². The Morgan fingerprint density at radius 2 is 2.03 bits per heavy atom. The molecule has 0 aliphatic carbocycles. The van der Waals surface area contributed by atoms with Crippen LogP contribution in [0.25, 0.3) is 10.2 Å². The molecule has 1 fully saturated rings. The molecule has 4 heterocycles. The summed E-state index contributed by atoms with van der Waals surface area (Å²) in [4.78, 5) is 32.6. The van der Waals surface area contributed by atoms with E-state index in [1.54, 1.807) is 4.57 Å². The molecular formula is C22H23N3O4S2. The van der Waals surface area contributed by atoms with Crippen molar-refractivity contribution in [2.24, 2.45) is 5.92 Å². The summed E-state index contributed by atoms with van der Waals surface area (Å²) >= 11 is 2.73. The van der Waals surface area contributed by atoms with E-state index >= 15 is 0 Å². The fraction of sp³-hybridized carbons (Fsp3) is 0.409. The molecule has 0 unspecified atom stereocenters. The van der Waals surface area contributed by atoms with Crippen LogP contribution in [0.15, 0.2) is 39.6 Å². The van der Waals surface area contributed by atoms with Gasteiger partial charge in [0, 0.05) is 13.1 Å². The number of benzene rings is 1. The van der Waals surface area contributed by atoms with Gasteiger partial charge in [0.1, 0.15) is 4.70 Å². The predicted molar refractivity (Wildman–Crippen MR) is 121 cm³/mol. The zero-order valence-corrected chi connectivity index (χ0v) is 18.8. The summed E-state index contributed by atoms with van der Waals surface area (Å²) in [5.41, 5.74) is 1.51. The highest BCUT2D eigenvalue weighted by atomic mass is 32.2. The molecule has 2 aliphatic rings. The summed E-state index contributed by atoms with van der Waals surface area (Å²) < 4.78 is 13.1. The molecule has 31 heavy (non-hydrogen) atoms. The van der Waals surface area contributed by atoms with Crippen LogP contribution >= 0.6 is 23.1 Å². The lowest BCUT2D eigenvalue weighted by Gasteiger charge is -2.30. The van der Waals surface area contributed by atoms with Crippen molar-refractivity contribution in [3.8, 4) is 11.5 Å². The third-order valence-electron chi connectivity index (χ3n) is 5.77. The smallest absolute Gasteiger partial charge is 0.272 e. The number of likely N-dealkylation sites (tertiary alicyclic amines) is 1. The van der Waals surface area contributed by atoms with E-state index in [-0.39, 0.29) is 24.0 Å². The van der Waals surface area contributed by atoms with Crippen LogP contribution in [0.5, 0.6) is 11.5 Å². The van der Waals surface area contributed by atoms with E-state index in [0.29, 0.717) is 39.3 Å². The Bertz CT molecular complexity index is 1180. The van der Waals surface area contributed by atoms with Gasteiger partial charge in [0.15, 0.2) is 16.7 Å². The third kappa shape index (κ3) is 4.16. The van der Waals surface area contributed by atoms with Crippen LogP contribution < -0.4 is 15.0 Å². The molecule has 5 rings (SSSR count). The lowest BCUT2D eigenvalue weighted by Crippen LogP contribution is -2.39. The third-order valence-corrected chi connectivity index (χ3v) is 7.62. The summed E-state index contributed by atoms with van der Waals surface area (Å²) in [6, 6.07) is 7.52. The number of aromatic nitrogens is 2. The van der Waals surface area contributed by atoms with Crippen molar-refractivity contribution < 1.29 is 14.3 Å². The Morgan fingerprint density at radius 1 is 1.23 bits per heavy atom. The number of thioether (sulfide) groups is 1. The second-order valence-electron chi connectivity index (χ2n) is 7.96. The minimum atomic E-state index is -0.0839. The van der Waals surface area contributed by atoms with Gasteiger partial charge in [-0.15, -0.1) is 11.3 Å². The van der Waals surface area contributed by atoms with Crippen LogP contribution in [0.2, 0.25) is 0 Å². The fourth-order valence-electron chi connectivity index (χ4n) is 3.87. The minimum Gasteiger partial charge on any atom is -0.454 e. The number of rotatable bonds is 5. The monoisotopic (exact) mass is 457 g/mol. The van der Waals surface area contributed by atoms with Crippen molar-refractivity contribution in [2.75, 3.05) is 25.6 Å². The number of thiophene rings is 1. The Kier molecular flexibility index (Phi) is 5.62. The van der Waals surface area contributed by atoms with Crippen LogP contribution in [0.1, 0.15) is 25.3 Å². The molecule has 0 saturated carbocycles. The Hall–Kier alpha value is -2.52. The summed E-state index contributed by atoms with van der Waals surface area (Å²) in [6.45, 7) is 4.41. The van der Waals surface area contributed by atoms with Gasteiger partial charge in [0.05, 0.1) is 17.8 Å². The summed E-state index contributed by atoms with van der Waals surface area (Å²) in [5, 5.41) is 2.44. The fourth-order valence-corrected chi connectivity index (χ4v) is 5.55. The molecular weight excluding hydrogens is 434 g/mol. The highest BCUT2D eigenvalue weighted by Crippen LogP contribution is 2.33. The number of fused-ring (bicyclic) bond motifs is 2. The van der Waals surface area contributed by atoms with Crippen molar-refractivity contribution in [3.63, 3.8) is 0 Å². The SMILES string of the molecule is CC1CCN(C(=O)CSc2nc3ccsc3c(=O)n2Cc2ccc3c(c2)OCO3)CC1. The molecule has 3 aromatic rings. The Morgan fingerprint density at radius 3 is 2.87 bits per heavy atom. The maximum Gasteiger partial charge on any atom is 0.272 e. The quantitative estimate of drug-likeness (QED) is 0.431. The molecule has 2 aliphatic heterocycles. The topological polar surface area (TPSA) is 73.7 Å². The van der Waals surface area contributed by atoms with Crippen LogP contribution in [-0.2, 0) is 11.3 Å². The zero-order chi connectivity index (χ0) is 21.4. The van der Waals surface area contributed by atoms with Crippen molar-refractivity contribution in [1.82, 2.24) is 14.5 Å². The molecule has 7 nitrogen and oxygen atoms in total. The number of amides is 1. The molecule has 9 heteroatoms. The van der Waals surface area contributed by atoms with Crippen molar-refractivity contribution in [1.29, 1.82) is 0 Å². The van der Waals surface area contributed by atoms with Gasteiger partial charge in [-0.25, -0.2) is 4.98 Å². The summed E-state index contributed by atoms with van der Waals surface area (Å²) in [7, 11) is 0. The largest absolute Gasteiger partial charge is 0.454 e. The molecule has 0 spiro atoms. The van der Waals surface area contributed by atoms with Crippen molar-refractivity contribution >= 4 is 39.2 Å². The average molecular weight is 458 g/mol. The van der Waals surface area contributed by atoms with E-state index in [4.69, 9.17) is 14.5 Å². The van der Waals surface area contributed by atoms with Gasteiger partial charge < -0.3 is 14.4 Å². The number of ether oxygens (including phenoxy) is 2. The standard InChI is InChI=1S/C22H23N3O4S2/c1-14-4-7-24(8-5-14)19(26)12-31-22-23-16-6-9-30-20(16)21(27)25(22)11-15-2-3-17-18(10-15)29-13-28-17/h2-3,6,9-10,14H,4-5,7-8,11-13H2,1H3. The molecule has 0 bridgehead atoms. The van der Waals surface area contributed by atoms with Crippen LogP contribution in [0, 0.1) is 5.92 Å². The van der Waals surface area contributed by atoms with E-state index in [2.05, 4.69) is 6.92 Å². The van der Waals surface area contributed by atoms with Gasteiger partial charge in [-0.3, -0.25) is 14.2 Å². The van der Waals surface area contributed by atoms with Crippen molar-refractivity contribution in [2.45, 2.75) is 31.5 Å². The van der Waals surface area contributed by atoms with E-state index in [0.717, 1.165) is 31.5 Å². The molecule has 0 radical (unpaired) electrons. The highest BCUT2D eigenvalue weighted by Gasteiger charge is 2.22. The van der Waals surface area contributed by atoms with E-state index < -0.39 is 0 Å². The lowest BCUT2D eigenvalue weighted by atomic mass is 9.99. The molecule has 2 aromatic heterocycles. The first-order chi connectivity index (χ1) is 15.1. The number of piperidine rings is 1. The van der Waals surface area contributed by atoms with Gasteiger partial charge in [0.25, 0.3) is 5.56 Å². The van der Waals surface area contributed by atoms with Crippen LogP contribution in [0.4, 0.5) is 0 Å². The van der Waals surface area contributed by atoms with Gasteiger partial charge in [-0.1, -0.05) is 24.8 Å². The maximum atomic E-state index is 13.2. The first-order valence-electron chi connectivity index (χ1n) is 10.4. The highest BCUT2D eigenvalue weighted by molar-refractivity contribution is 7.99. The normalized spacial score (nSPS) is 16.2. The number of carbonyl (C=O) groups is 1. The summed E-state index contributed by atoms with van der Waals surface area (Å²) in [6.07, 6.45) is 2.09. The first kappa shape index (κ1) is 20.4. The maximum absolute atomic E-state index is 13.2. The second kappa shape index (κ2) is 8.55. The zero-order valence-electron chi connectivity index (χ0n) is 17.2. The van der Waals surface area contributed by atoms with Crippen molar-refractivity contribution in [3.05, 3.63) is 45.6 Å². The van der Waals surface area contributed by atoms with Crippen LogP contribution in [-0.4, -0.2) is 46.0 Å². The molecule has 1 saturated heterocycles. The number of nitrogens with zero attached hydrogens (tertiary/aromatic N) is 3. The molecule has 162 valence electrons. The molecule has 1 aromatic carbocycles. The van der Waals surface area contributed by atoms with E-state index in [1.807, 2.05) is 34.5 Å². The van der Waals surface area contributed by atoms with Gasteiger partial charge in [-0.05, 0) is 47.9 Å². The van der Waals surface area contributed by atoms with Gasteiger partial charge in [0.2, 0.25) is 12.7 Å². The average Bonchev–Trinajstić information content (AvgIpc) is 3.44. The van der Waals surface area contributed by atoms with Gasteiger partial charge >= 0.3 is 0 Å². The molecule has 0 N–H and O–H groups in total. The molecule has 1 amide bonds. The Labute approximate surface area is 188 Å². The Balaban J connectivity index is 1.40. The summed E-state index contributed by atoms with van der Waals surface area (Å²) in [5.74, 6) is 2.44. The minimum absolute atomic E-state index is 0.0839. The lowest BCUT2D eigenvalue weighted by molar-refractivity contribution is -0.129. The number of carbonyl (C=O) groups excluding carboxylic acids is 1. The van der Waals surface area contributed by atoms with Crippen LogP contribution in [0.3, 0.4) is 0 Å².